The standard InChI is InChI=1S/C16H18N2O3/c1-8(2)16(20)12-7-11(5-6-13(12)17-15(16)19)14-9(3)18-21-10(14)4/h5-8,20H,1-4H3,(H,17,19). The third-order valence-electron chi connectivity index (χ3n) is 4.18. The van der Waals surface area contributed by atoms with Crippen LogP contribution in [0.4, 0.5) is 5.69 Å². The van der Waals surface area contributed by atoms with E-state index in [2.05, 4.69) is 10.5 Å². The first-order chi connectivity index (χ1) is 9.85. The number of amides is 1. The van der Waals surface area contributed by atoms with Gasteiger partial charge in [-0.15, -0.1) is 0 Å². The Balaban J connectivity index is 2.20. The molecule has 21 heavy (non-hydrogen) atoms. The predicted octanol–water partition coefficient (Wildman–Crippen LogP) is 2.75. The molecule has 1 aliphatic rings. The fourth-order valence-corrected chi connectivity index (χ4v) is 2.93. The van der Waals surface area contributed by atoms with Gasteiger partial charge < -0.3 is 14.9 Å². The number of aryl methyl sites for hydroxylation is 2. The summed E-state index contributed by atoms with van der Waals surface area (Å²) >= 11 is 0. The van der Waals surface area contributed by atoms with E-state index in [4.69, 9.17) is 4.52 Å². The van der Waals surface area contributed by atoms with Crippen molar-refractivity contribution in [3.8, 4) is 11.1 Å². The number of nitrogens with one attached hydrogen (secondary N) is 1. The number of hydrogen-bond donors (Lipinski definition) is 2. The topological polar surface area (TPSA) is 75.4 Å². The van der Waals surface area contributed by atoms with Gasteiger partial charge in [0, 0.05) is 16.8 Å². The minimum absolute atomic E-state index is 0.223. The van der Waals surface area contributed by atoms with Gasteiger partial charge in [0.1, 0.15) is 5.76 Å². The van der Waals surface area contributed by atoms with Crippen molar-refractivity contribution < 1.29 is 14.4 Å². The van der Waals surface area contributed by atoms with Crippen LogP contribution in [0.3, 0.4) is 0 Å². The van der Waals surface area contributed by atoms with E-state index >= 15 is 0 Å². The van der Waals surface area contributed by atoms with Gasteiger partial charge in [-0.25, -0.2) is 0 Å². The molecule has 0 saturated heterocycles. The van der Waals surface area contributed by atoms with Crippen LogP contribution < -0.4 is 5.32 Å². The molecule has 110 valence electrons. The van der Waals surface area contributed by atoms with Crippen molar-refractivity contribution in [2.24, 2.45) is 5.92 Å². The fourth-order valence-electron chi connectivity index (χ4n) is 2.93. The molecule has 0 radical (unpaired) electrons. The van der Waals surface area contributed by atoms with Gasteiger partial charge in [-0.05, 0) is 37.5 Å². The molecule has 1 aromatic carbocycles. The molecule has 1 aromatic heterocycles. The predicted molar refractivity (Wildman–Crippen MR) is 78.8 cm³/mol. The molecule has 0 aliphatic carbocycles. The first-order valence-electron chi connectivity index (χ1n) is 6.97. The molecule has 3 rings (SSSR count). The second-order valence-corrected chi connectivity index (χ2v) is 5.83. The monoisotopic (exact) mass is 286 g/mol. The van der Waals surface area contributed by atoms with Gasteiger partial charge in [-0.2, -0.15) is 0 Å². The van der Waals surface area contributed by atoms with E-state index in [1.54, 1.807) is 0 Å². The molecular formula is C16H18N2O3. The van der Waals surface area contributed by atoms with Gasteiger partial charge >= 0.3 is 0 Å². The lowest BCUT2D eigenvalue weighted by Crippen LogP contribution is -2.39. The van der Waals surface area contributed by atoms with Crippen LogP contribution in [0.2, 0.25) is 0 Å². The van der Waals surface area contributed by atoms with E-state index in [0.29, 0.717) is 11.3 Å². The summed E-state index contributed by atoms with van der Waals surface area (Å²) in [6, 6.07) is 5.56. The number of aliphatic hydroxyl groups is 1. The Morgan fingerprint density at radius 3 is 2.62 bits per heavy atom. The third kappa shape index (κ3) is 1.81. The number of rotatable bonds is 2. The smallest absolute Gasteiger partial charge is 0.261 e. The van der Waals surface area contributed by atoms with Crippen LogP contribution in [0, 0.1) is 19.8 Å². The normalized spacial score (nSPS) is 20.8. The molecule has 5 nitrogen and oxygen atoms in total. The summed E-state index contributed by atoms with van der Waals surface area (Å²) in [5, 5.41) is 17.5. The lowest BCUT2D eigenvalue weighted by molar-refractivity contribution is -0.138. The van der Waals surface area contributed by atoms with Crippen LogP contribution in [0.5, 0.6) is 0 Å². The quantitative estimate of drug-likeness (QED) is 0.890. The maximum absolute atomic E-state index is 12.1. The highest BCUT2D eigenvalue weighted by Crippen LogP contribution is 2.43. The Bertz CT molecular complexity index is 714. The summed E-state index contributed by atoms with van der Waals surface area (Å²) in [5.74, 6) is 0.125. The minimum Gasteiger partial charge on any atom is -0.375 e. The van der Waals surface area contributed by atoms with Gasteiger partial charge in [-0.1, -0.05) is 25.1 Å². The number of carbonyl (C=O) groups excluding carboxylic acids is 1. The lowest BCUT2D eigenvalue weighted by Gasteiger charge is -2.25. The van der Waals surface area contributed by atoms with Crippen LogP contribution in [-0.2, 0) is 10.4 Å². The largest absolute Gasteiger partial charge is 0.375 e. The van der Waals surface area contributed by atoms with Crippen molar-refractivity contribution in [1.29, 1.82) is 0 Å². The van der Waals surface area contributed by atoms with E-state index in [0.717, 1.165) is 22.6 Å². The highest BCUT2D eigenvalue weighted by atomic mass is 16.5. The second kappa shape index (κ2) is 4.43. The fraction of sp³-hybridized carbons (Fsp3) is 0.375. The highest BCUT2D eigenvalue weighted by molar-refractivity contribution is 6.05. The molecule has 1 unspecified atom stereocenters. The minimum atomic E-state index is -1.50. The molecule has 1 atom stereocenters. The number of carbonyl (C=O) groups is 1. The molecular weight excluding hydrogens is 268 g/mol. The summed E-state index contributed by atoms with van der Waals surface area (Å²) in [6.45, 7) is 7.38. The van der Waals surface area contributed by atoms with Gasteiger partial charge in [0.25, 0.3) is 5.91 Å². The third-order valence-corrected chi connectivity index (χ3v) is 4.18. The van der Waals surface area contributed by atoms with Gasteiger partial charge in [0.05, 0.1) is 5.69 Å². The molecule has 5 heteroatoms. The molecule has 0 bridgehead atoms. The Kier molecular flexibility index (Phi) is 2.92. The van der Waals surface area contributed by atoms with Crippen molar-refractivity contribution in [3.63, 3.8) is 0 Å². The average Bonchev–Trinajstić information content (AvgIpc) is 2.89. The Morgan fingerprint density at radius 1 is 1.33 bits per heavy atom. The molecule has 2 N–H and O–H groups in total. The zero-order valence-corrected chi connectivity index (χ0v) is 12.5. The number of nitrogens with zero attached hydrogens (tertiary/aromatic N) is 1. The molecule has 1 amide bonds. The Labute approximate surface area is 123 Å². The Hall–Kier alpha value is -2.14. The van der Waals surface area contributed by atoms with Crippen molar-refractivity contribution in [2.45, 2.75) is 33.3 Å². The van der Waals surface area contributed by atoms with Gasteiger partial charge in [0.15, 0.2) is 5.60 Å². The maximum Gasteiger partial charge on any atom is 0.261 e. The molecule has 0 saturated carbocycles. The van der Waals surface area contributed by atoms with E-state index < -0.39 is 5.60 Å². The second-order valence-electron chi connectivity index (χ2n) is 5.83. The highest BCUT2D eigenvalue weighted by Gasteiger charge is 2.47. The van der Waals surface area contributed by atoms with Crippen molar-refractivity contribution in [2.75, 3.05) is 5.32 Å². The molecule has 2 aromatic rings. The van der Waals surface area contributed by atoms with Crippen molar-refractivity contribution in [3.05, 3.63) is 35.2 Å². The lowest BCUT2D eigenvalue weighted by atomic mass is 9.83. The first kappa shape index (κ1) is 13.8. The van der Waals surface area contributed by atoms with E-state index in [-0.39, 0.29) is 11.8 Å². The molecule has 0 fully saturated rings. The first-order valence-corrected chi connectivity index (χ1v) is 6.97. The molecule has 2 heterocycles. The summed E-state index contributed by atoms with van der Waals surface area (Å²) in [4.78, 5) is 12.1. The summed E-state index contributed by atoms with van der Waals surface area (Å²) in [5.41, 5.74) is 2.36. The van der Waals surface area contributed by atoms with Crippen molar-refractivity contribution >= 4 is 11.6 Å². The molecule has 0 spiro atoms. The number of hydrogen-bond acceptors (Lipinski definition) is 4. The van der Waals surface area contributed by atoms with Crippen molar-refractivity contribution in [1.82, 2.24) is 5.16 Å². The van der Waals surface area contributed by atoms with Crippen LogP contribution in [0.15, 0.2) is 22.7 Å². The maximum atomic E-state index is 12.1. The average molecular weight is 286 g/mol. The van der Waals surface area contributed by atoms with Crippen LogP contribution in [0.1, 0.15) is 30.9 Å². The van der Waals surface area contributed by atoms with Gasteiger partial charge in [-0.3, -0.25) is 4.79 Å². The zero-order chi connectivity index (χ0) is 15.4. The van der Waals surface area contributed by atoms with Crippen LogP contribution >= 0.6 is 0 Å². The number of benzene rings is 1. The molecule has 1 aliphatic heterocycles. The number of fused-ring (bicyclic) bond motifs is 1. The van der Waals surface area contributed by atoms with E-state index in [1.807, 2.05) is 45.9 Å². The van der Waals surface area contributed by atoms with Crippen LogP contribution in [0.25, 0.3) is 11.1 Å². The Morgan fingerprint density at radius 2 is 2.05 bits per heavy atom. The summed E-state index contributed by atoms with van der Waals surface area (Å²) < 4.78 is 5.19. The van der Waals surface area contributed by atoms with Crippen LogP contribution in [-0.4, -0.2) is 16.2 Å². The number of anilines is 1. The van der Waals surface area contributed by atoms with Gasteiger partial charge in [0.2, 0.25) is 0 Å². The summed E-state index contributed by atoms with van der Waals surface area (Å²) in [7, 11) is 0. The van der Waals surface area contributed by atoms with E-state index in [9.17, 15) is 9.90 Å². The SMILES string of the molecule is Cc1noc(C)c1-c1ccc2c(c1)C(O)(C(C)C)C(=O)N2. The zero-order valence-electron chi connectivity index (χ0n) is 12.5. The van der Waals surface area contributed by atoms with E-state index in [1.165, 1.54) is 0 Å². The number of aromatic nitrogens is 1. The summed E-state index contributed by atoms with van der Waals surface area (Å²) in [6.07, 6.45) is 0.